The number of rotatable bonds is 19. The Morgan fingerprint density at radius 2 is 1.29 bits per heavy atom. The Balaban J connectivity index is 1.49. The maximum Gasteiger partial charge on any atom is 0.410 e. The van der Waals surface area contributed by atoms with Crippen LogP contribution in [-0.4, -0.2) is 99.4 Å². The second-order valence-corrected chi connectivity index (χ2v) is 32.8. The molecule has 0 N–H and O–H groups in total. The number of esters is 1. The monoisotopic (exact) mass is 1030 g/mol. The summed E-state index contributed by atoms with van der Waals surface area (Å²) in [5, 5.41) is 0.614. The standard InChI is InChI=1S/C59H76N2O8PSi2/c1-15-34-66-56(64)55(70-50-33-32-47(42-26-20-17-21-27-42)52(43-28-22-18-23-29-43)53(50)44-30-24-19-25-31-44)61-48(51(54(61)63)41(4)68-71(11,12)58(5,6)7)38-49(62)40(3)36-45-37-46(69-72(13,14)59(8,9)10)39-60(45)57(65)67-35-16-2/h15-33,36,41,45-46,48,51,70H,1-2,34-35,37-39H2,3-14H3/q+1/t41-,45-,46-,48-,51-/m1/s1. The molecule has 72 heavy (non-hydrogen) atoms. The molecule has 0 radical (unpaired) electrons. The first-order valence-corrected chi connectivity index (χ1v) is 31.9. The highest BCUT2D eigenvalue weighted by Gasteiger charge is 2.61. The summed E-state index contributed by atoms with van der Waals surface area (Å²) in [6.45, 7) is 33.1. The van der Waals surface area contributed by atoms with Crippen molar-refractivity contribution in [2.45, 2.75) is 129 Å². The van der Waals surface area contributed by atoms with E-state index >= 15 is 4.79 Å². The van der Waals surface area contributed by atoms with Gasteiger partial charge in [-0.1, -0.05) is 176 Å². The highest BCUT2D eigenvalue weighted by atomic mass is 31.1. The van der Waals surface area contributed by atoms with Crippen molar-refractivity contribution in [3.8, 4) is 33.4 Å². The maximum atomic E-state index is 15.1. The molecule has 6 atom stereocenters. The summed E-state index contributed by atoms with van der Waals surface area (Å²) in [6.07, 6.45) is 3.91. The lowest BCUT2D eigenvalue weighted by atomic mass is 9.81. The first kappa shape index (κ1) is 55.9. The smallest absolute Gasteiger partial charge is 0.410 e. The van der Waals surface area contributed by atoms with E-state index in [1.54, 1.807) is 11.8 Å². The van der Waals surface area contributed by atoms with E-state index in [-0.39, 0.29) is 61.5 Å². The van der Waals surface area contributed by atoms with Crippen LogP contribution in [0.15, 0.2) is 140 Å². The van der Waals surface area contributed by atoms with Gasteiger partial charge in [0.1, 0.15) is 13.2 Å². The number of ketones is 1. The average molecular weight is 1030 g/mol. The summed E-state index contributed by atoms with van der Waals surface area (Å²) in [6, 6.07) is 33.4. The number of benzene rings is 4. The van der Waals surface area contributed by atoms with Crippen LogP contribution in [0, 0.1) is 5.92 Å². The van der Waals surface area contributed by atoms with Crippen molar-refractivity contribution in [3.63, 3.8) is 0 Å². The van der Waals surface area contributed by atoms with Gasteiger partial charge in [0, 0.05) is 15.1 Å². The van der Waals surface area contributed by atoms with Crippen LogP contribution in [0.25, 0.3) is 33.4 Å². The van der Waals surface area contributed by atoms with E-state index in [1.807, 2.05) is 73.7 Å². The van der Waals surface area contributed by atoms with E-state index in [9.17, 15) is 14.4 Å². The quantitative estimate of drug-likeness (QED) is 0.0174. The van der Waals surface area contributed by atoms with Crippen LogP contribution in [0.1, 0.15) is 68.2 Å². The Morgan fingerprint density at radius 1 is 0.764 bits per heavy atom. The van der Waals surface area contributed by atoms with Gasteiger partial charge in [-0.3, -0.25) is 9.69 Å². The first-order valence-electron chi connectivity index (χ1n) is 25.1. The molecule has 2 fully saturated rings. The fourth-order valence-electron chi connectivity index (χ4n) is 9.02. The zero-order chi connectivity index (χ0) is 52.8. The number of Topliss-reactive ketones (excluding diaryl/α,β-unsaturated/α-hetero) is 1. The molecule has 10 nitrogen and oxygen atoms in total. The molecular formula is C59H76N2O8PSi2+. The Morgan fingerprint density at radius 3 is 1.83 bits per heavy atom. The lowest BCUT2D eigenvalue weighted by Gasteiger charge is -2.42. The number of carbonyl (C=O) groups is 4. The molecule has 2 amide bonds. The summed E-state index contributed by atoms with van der Waals surface area (Å²) in [5.74, 6) is -1.93. The van der Waals surface area contributed by atoms with Crippen LogP contribution >= 0.6 is 8.58 Å². The van der Waals surface area contributed by atoms with Crippen LogP contribution < -0.4 is 5.30 Å². The minimum atomic E-state index is -2.43. The summed E-state index contributed by atoms with van der Waals surface area (Å²) >= 11 is 0. The molecule has 2 aliphatic heterocycles. The minimum Gasteiger partial charge on any atom is -0.453 e. The van der Waals surface area contributed by atoms with Gasteiger partial charge >= 0.3 is 18.0 Å². The molecule has 0 spiro atoms. The average Bonchev–Trinajstić information content (AvgIpc) is 3.72. The molecule has 2 aliphatic rings. The fraction of sp³-hybridized carbons (Fsp3) is 0.407. The maximum absolute atomic E-state index is 15.1. The molecule has 13 heteroatoms. The zero-order valence-corrected chi connectivity index (χ0v) is 47.5. The highest BCUT2D eigenvalue weighted by Crippen LogP contribution is 2.45. The number of ether oxygens (including phenoxy) is 2. The van der Waals surface area contributed by atoms with E-state index < -0.39 is 52.8 Å². The minimum absolute atomic E-state index is 0.0474. The molecule has 0 aromatic heterocycles. The molecule has 4 aromatic carbocycles. The molecular weight excluding hydrogens is 952 g/mol. The Bertz CT molecular complexity index is 2690. The Kier molecular flexibility index (Phi) is 18.1. The van der Waals surface area contributed by atoms with E-state index in [0.29, 0.717) is 18.5 Å². The van der Waals surface area contributed by atoms with Crippen molar-refractivity contribution in [2.24, 2.45) is 5.92 Å². The number of amides is 2. The van der Waals surface area contributed by atoms with E-state index in [0.717, 1.165) is 38.7 Å². The van der Waals surface area contributed by atoms with Crippen LogP contribution in [0.3, 0.4) is 0 Å². The third-order valence-corrected chi connectivity index (χ3v) is 25.4. The molecule has 0 aliphatic carbocycles. The van der Waals surface area contributed by atoms with Gasteiger partial charge in [0.05, 0.1) is 24.7 Å². The van der Waals surface area contributed by atoms with Gasteiger partial charge < -0.3 is 18.3 Å². The molecule has 6 rings (SSSR count). The van der Waals surface area contributed by atoms with Crippen molar-refractivity contribution in [2.75, 3.05) is 19.8 Å². The van der Waals surface area contributed by atoms with Crippen molar-refractivity contribution in [3.05, 3.63) is 140 Å². The zero-order valence-electron chi connectivity index (χ0n) is 44.5. The van der Waals surface area contributed by atoms with Crippen molar-refractivity contribution >= 4 is 59.7 Å². The number of hydrogen-bond donors (Lipinski definition) is 0. The Labute approximate surface area is 432 Å². The second kappa shape index (κ2) is 23.2. The molecule has 2 heterocycles. The number of hydrogen-bond acceptors (Lipinski definition) is 8. The predicted octanol–water partition coefficient (Wildman–Crippen LogP) is 12.8. The van der Waals surface area contributed by atoms with Crippen molar-refractivity contribution in [1.82, 2.24) is 4.90 Å². The van der Waals surface area contributed by atoms with E-state index in [4.69, 9.17) is 18.3 Å². The predicted molar refractivity (Wildman–Crippen MR) is 299 cm³/mol. The molecule has 0 saturated carbocycles. The highest BCUT2D eigenvalue weighted by molar-refractivity contribution is 7.68. The van der Waals surface area contributed by atoms with Crippen LogP contribution in [0.5, 0.6) is 0 Å². The summed E-state index contributed by atoms with van der Waals surface area (Å²) in [4.78, 5) is 59.9. The van der Waals surface area contributed by atoms with Crippen molar-refractivity contribution < 1.29 is 42.1 Å². The van der Waals surface area contributed by atoms with Crippen LogP contribution in [0.4, 0.5) is 4.79 Å². The fourth-order valence-corrected chi connectivity index (χ4v) is 13.2. The van der Waals surface area contributed by atoms with Gasteiger partial charge in [-0.05, 0) is 101 Å². The van der Waals surface area contributed by atoms with Gasteiger partial charge in [0.15, 0.2) is 34.4 Å². The van der Waals surface area contributed by atoms with Gasteiger partial charge in [-0.15, -0.1) is 0 Å². The molecule has 4 aromatic rings. The van der Waals surface area contributed by atoms with Gasteiger partial charge in [0.2, 0.25) is 0 Å². The lowest BCUT2D eigenvalue weighted by molar-refractivity contribution is -0.548. The van der Waals surface area contributed by atoms with Gasteiger partial charge in [-0.25, -0.2) is 14.4 Å². The molecule has 382 valence electrons. The second-order valence-electron chi connectivity index (χ2n) is 22.1. The number of carbonyl (C=O) groups excluding carboxylic acids is 4. The summed E-state index contributed by atoms with van der Waals surface area (Å²) in [5.41, 5.74) is 6.47. The van der Waals surface area contributed by atoms with Crippen LogP contribution in [-0.2, 0) is 32.7 Å². The largest absolute Gasteiger partial charge is 0.453 e. The molecule has 0 bridgehead atoms. The van der Waals surface area contributed by atoms with Crippen molar-refractivity contribution in [1.29, 1.82) is 0 Å². The van der Waals surface area contributed by atoms with E-state index in [2.05, 4.69) is 123 Å². The van der Waals surface area contributed by atoms with Gasteiger partial charge in [0.25, 0.3) is 5.45 Å². The summed E-state index contributed by atoms with van der Waals surface area (Å²) in [7, 11) is -5.02. The van der Waals surface area contributed by atoms with Gasteiger partial charge in [-0.2, -0.15) is 4.58 Å². The topological polar surface area (TPSA) is 111 Å². The molecule has 2 saturated heterocycles. The summed E-state index contributed by atoms with van der Waals surface area (Å²) < 4.78 is 26.7. The lowest BCUT2D eigenvalue weighted by Crippen LogP contribution is -2.64. The SMILES string of the molecule is C=CCOC(=O)C(Pc1ccc(-c2ccccc2)c(-c2ccccc2)c1-c1ccccc1)=[N+]1C(=O)[C@H]([C@@H](C)O[Si](C)(C)C(C)(C)C)[C@H]1CC(=O)C(C)=C[C@@H]1C[C@@H](O[Si](C)(C)C(C)(C)C)CN1C(=O)OCC=C. The first-order chi connectivity index (χ1) is 33.9. The third kappa shape index (κ3) is 12.7. The van der Waals surface area contributed by atoms with E-state index in [1.165, 1.54) is 16.7 Å². The Hall–Kier alpha value is -5.37. The molecule has 1 unspecified atom stereocenters. The number of allylic oxidation sites excluding steroid dienone is 1. The number of nitrogens with zero attached hydrogens (tertiary/aromatic N) is 2. The normalized spacial score (nSPS) is 20.0. The third-order valence-electron chi connectivity index (χ3n) is 14.9. The number of likely N-dealkylation sites (tertiary alicyclic amines) is 1. The van der Waals surface area contributed by atoms with Crippen LogP contribution in [0.2, 0.25) is 36.3 Å². The number of β-lactam (4-membered cyclic amide) rings is 1.